The van der Waals surface area contributed by atoms with Gasteiger partial charge < -0.3 is 20.1 Å². The Balaban J connectivity index is 2.67. The van der Waals surface area contributed by atoms with E-state index < -0.39 is 18.7 Å². The number of amides is 2. The second-order valence-electron chi connectivity index (χ2n) is 4.51. The summed E-state index contributed by atoms with van der Waals surface area (Å²) in [7, 11) is 1.56. The number of aliphatic hydroxyl groups is 1. The molecule has 1 atom stereocenters. The lowest BCUT2D eigenvalue weighted by molar-refractivity contribution is -0.0497. The lowest BCUT2D eigenvalue weighted by Gasteiger charge is -2.19. The van der Waals surface area contributed by atoms with Crippen LogP contribution >= 0.6 is 11.6 Å². The van der Waals surface area contributed by atoms with Gasteiger partial charge in [-0.3, -0.25) is 0 Å². The summed E-state index contributed by atoms with van der Waals surface area (Å²) in [6.07, 6.45) is -0.0774. The maximum absolute atomic E-state index is 12.2. The van der Waals surface area contributed by atoms with Gasteiger partial charge in [0.05, 0.1) is 11.1 Å². The van der Waals surface area contributed by atoms with Gasteiger partial charge in [-0.2, -0.15) is 8.78 Å². The third kappa shape index (κ3) is 6.14. The predicted octanol–water partition coefficient (Wildman–Crippen LogP) is 3.18. The summed E-state index contributed by atoms with van der Waals surface area (Å²) in [5.74, 6) is -0.212. The Morgan fingerprint density at radius 3 is 2.76 bits per heavy atom. The highest BCUT2D eigenvalue weighted by atomic mass is 35.5. The molecule has 0 saturated heterocycles. The molecule has 2 amide bonds. The standard InChI is InChI=1S/C13H17ClF2N2O3/c1-8(19)5-6-18(2)13(20)17-9-3-4-10(14)11(7-9)21-12(15)16/h3-4,7-8,12,19H,5-6H2,1-2H3,(H,17,20). The number of nitrogens with one attached hydrogen (secondary N) is 1. The molecule has 5 nitrogen and oxygen atoms in total. The Morgan fingerprint density at radius 2 is 2.19 bits per heavy atom. The number of hydrogen-bond acceptors (Lipinski definition) is 3. The third-order valence-corrected chi connectivity index (χ3v) is 2.94. The van der Waals surface area contributed by atoms with E-state index in [2.05, 4.69) is 10.1 Å². The lowest BCUT2D eigenvalue weighted by atomic mass is 10.3. The van der Waals surface area contributed by atoms with Crippen molar-refractivity contribution in [2.24, 2.45) is 0 Å². The second-order valence-corrected chi connectivity index (χ2v) is 4.92. The van der Waals surface area contributed by atoms with E-state index in [1.165, 1.54) is 23.1 Å². The van der Waals surface area contributed by atoms with Crippen molar-refractivity contribution in [1.82, 2.24) is 4.90 Å². The van der Waals surface area contributed by atoms with E-state index in [0.29, 0.717) is 13.0 Å². The molecule has 0 fully saturated rings. The van der Waals surface area contributed by atoms with Crippen molar-refractivity contribution in [2.45, 2.75) is 26.1 Å². The van der Waals surface area contributed by atoms with Gasteiger partial charge >= 0.3 is 12.6 Å². The molecule has 118 valence electrons. The topological polar surface area (TPSA) is 61.8 Å². The number of hydrogen-bond donors (Lipinski definition) is 2. The van der Waals surface area contributed by atoms with Gasteiger partial charge in [0.2, 0.25) is 0 Å². The van der Waals surface area contributed by atoms with Crippen molar-refractivity contribution in [1.29, 1.82) is 0 Å². The number of nitrogens with zero attached hydrogens (tertiary/aromatic N) is 1. The largest absolute Gasteiger partial charge is 0.433 e. The van der Waals surface area contributed by atoms with Crippen molar-refractivity contribution >= 4 is 23.3 Å². The first-order valence-corrected chi connectivity index (χ1v) is 6.62. The molecule has 1 aromatic carbocycles. The molecule has 0 aliphatic heterocycles. The normalized spacial score (nSPS) is 12.1. The number of ether oxygens (including phenoxy) is 1. The minimum atomic E-state index is -3.00. The zero-order chi connectivity index (χ0) is 16.0. The molecule has 1 rings (SSSR count). The van der Waals surface area contributed by atoms with E-state index in [1.54, 1.807) is 14.0 Å². The second kappa shape index (κ2) is 7.99. The predicted molar refractivity (Wildman–Crippen MR) is 76.0 cm³/mol. The molecule has 0 aromatic heterocycles. The fourth-order valence-electron chi connectivity index (χ4n) is 1.47. The summed E-state index contributed by atoms with van der Waals surface area (Å²) in [5.41, 5.74) is 0.281. The van der Waals surface area contributed by atoms with Crippen molar-refractivity contribution < 1.29 is 23.4 Å². The molecular weight excluding hydrogens is 306 g/mol. The highest BCUT2D eigenvalue weighted by Gasteiger charge is 2.13. The van der Waals surface area contributed by atoms with Crippen LogP contribution in [0.25, 0.3) is 0 Å². The molecule has 0 bridgehead atoms. The number of carbonyl (C=O) groups is 1. The molecule has 1 unspecified atom stereocenters. The van der Waals surface area contributed by atoms with Crippen molar-refractivity contribution in [3.8, 4) is 5.75 Å². The number of halogens is 3. The van der Waals surface area contributed by atoms with Crippen LogP contribution in [0.2, 0.25) is 5.02 Å². The maximum Gasteiger partial charge on any atom is 0.387 e. The number of urea groups is 1. The van der Waals surface area contributed by atoms with E-state index in [-0.39, 0.29) is 16.5 Å². The SMILES string of the molecule is CC(O)CCN(C)C(=O)Nc1ccc(Cl)c(OC(F)F)c1. The van der Waals surface area contributed by atoms with Gasteiger partial charge in [-0.15, -0.1) is 0 Å². The highest BCUT2D eigenvalue weighted by Crippen LogP contribution is 2.29. The number of rotatable bonds is 6. The van der Waals surface area contributed by atoms with E-state index in [9.17, 15) is 13.6 Å². The average Bonchev–Trinajstić information content (AvgIpc) is 2.39. The van der Waals surface area contributed by atoms with Crippen molar-refractivity contribution in [2.75, 3.05) is 18.9 Å². The number of carbonyl (C=O) groups excluding carboxylic acids is 1. The van der Waals surface area contributed by atoms with Crippen LogP contribution in [-0.4, -0.2) is 42.3 Å². The molecule has 0 heterocycles. The Morgan fingerprint density at radius 1 is 1.52 bits per heavy atom. The first-order chi connectivity index (χ1) is 9.79. The van der Waals surface area contributed by atoms with Crippen LogP contribution in [-0.2, 0) is 0 Å². The summed E-state index contributed by atoms with van der Waals surface area (Å²) in [6.45, 7) is -1.02. The summed E-state index contributed by atoms with van der Waals surface area (Å²) in [5, 5.41) is 11.7. The Kier molecular flexibility index (Phi) is 6.64. The maximum atomic E-state index is 12.2. The zero-order valence-electron chi connectivity index (χ0n) is 11.6. The van der Waals surface area contributed by atoms with Crippen LogP contribution in [0.5, 0.6) is 5.75 Å². The van der Waals surface area contributed by atoms with Gasteiger partial charge in [0, 0.05) is 25.3 Å². The van der Waals surface area contributed by atoms with Crippen LogP contribution < -0.4 is 10.1 Å². The smallest absolute Gasteiger partial charge is 0.387 e. The number of benzene rings is 1. The third-order valence-electron chi connectivity index (χ3n) is 2.63. The van der Waals surface area contributed by atoms with Crippen LogP contribution in [0.4, 0.5) is 19.3 Å². The fraction of sp³-hybridized carbons (Fsp3) is 0.462. The molecule has 0 saturated carbocycles. The zero-order valence-corrected chi connectivity index (χ0v) is 12.4. The molecule has 0 aliphatic carbocycles. The Bertz CT molecular complexity index is 486. The molecule has 0 spiro atoms. The molecule has 21 heavy (non-hydrogen) atoms. The van der Waals surface area contributed by atoms with Gasteiger partial charge in [-0.1, -0.05) is 11.6 Å². The molecule has 8 heteroatoms. The first-order valence-electron chi connectivity index (χ1n) is 6.24. The Labute approximate surface area is 126 Å². The van der Waals surface area contributed by atoms with Gasteiger partial charge in [-0.25, -0.2) is 4.79 Å². The van der Waals surface area contributed by atoms with Gasteiger partial charge in [-0.05, 0) is 25.5 Å². The van der Waals surface area contributed by atoms with E-state index in [1.807, 2.05) is 0 Å². The lowest BCUT2D eigenvalue weighted by Crippen LogP contribution is -2.33. The quantitative estimate of drug-likeness (QED) is 0.845. The minimum Gasteiger partial charge on any atom is -0.433 e. The van der Waals surface area contributed by atoms with E-state index in [0.717, 1.165) is 0 Å². The molecule has 2 N–H and O–H groups in total. The van der Waals surface area contributed by atoms with Gasteiger partial charge in [0.1, 0.15) is 5.75 Å². The molecule has 1 aromatic rings. The number of anilines is 1. The van der Waals surface area contributed by atoms with E-state index in [4.69, 9.17) is 16.7 Å². The van der Waals surface area contributed by atoms with Crippen molar-refractivity contribution in [3.05, 3.63) is 23.2 Å². The van der Waals surface area contributed by atoms with Crippen LogP contribution in [0.3, 0.4) is 0 Å². The number of alkyl halides is 2. The average molecular weight is 323 g/mol. The summed E-state index contributed by atoms with van der Waals surface area (Å²) < 4.78 is 28.6. The number of aliphatic hydroxyl groups excluding tert-OH is 1. The Hall–Kier alpha value is -1.60. The van der Waals surface area contributed by atoms with Crippen LogP contribution in [0, 0.1) is 0 Å². The van der Waals surface area contributed by atoms with Gasteiger partial charge in [0.25, 0.3) is 0 Å². The summed E-state index contributed by atoms with van der Waals surface area (Å²) >= 11 is 5.71. The van der Waals surface area contributed by atoms with E-state index >= 15 is 0 Å². The molecule has 0 radical (unpaired) electrons. The van der Waals surface area contributed by atoms with Crippen LogP contribution in [0.1, 0.15) is 13.3 Å². The summed E-state index contributed by atoms with van der Waals surface area (Å²) in [4.78, 5) is 13.2. The highest BCUT2D eigenvalue weighted by molar-refractivity contribution is 6.32. The first kappa shape index (κ1) is 17.5. The van der Waals surface area contributed by atoms with Crippen LogP contribution in [0.15, 0.2) is 18.2 Å². The van der Waals surface area contributed by atoms with Crippen molar-refractivity contribution in [3.63, 3.8) is 0 Å². The summed E-state index contributed by atoms with van der Waals surface area (Å²) in [6, 6.07) is 3.61. The molecule has 0 aliphatic rings. The fourth-order valence-corrected chi connectivity index (χ4v) is 1.63. The molecular formula is C13H17ClF2N2O3. The van der Waals surface area contributed by atoms with Gasteiger partial charge in [0.15, 0.2) is 0 Å². The minimum absolute atomic E-state index is 0.0239. The monoisotopic (exact) mass is 322 g/mol.